The number of rotatable bonds is 3. The predicted octanol–water partition coefficient (Wildman–Crippen LogP) is 1.68. The quantitative estimate of drug-likeness (QED) is 0.514. The molecule has 0 amide bonds. The minimum atomic E-state index is -4.81. The largest absolute Gasteiger partial charge is 0.489 e. The molecule has 2 aliphatic rings. The molecular formula is C18H18ClF3N6O3S. The number of guanidine groups is 1. The van der Waals surface area contributed by atoms with Crippen molar-refractivity contribution < 1.29 is 26.3 Å². The van der Waals surface area contributed by atoms with Crippen molar-refractivity contribution in [3.63, 3.8) is 0 Å². The molecule has 1 atom stereocenters. The number of aliphatic imine (C=N–C) groups is 1. The summed E-state index contributed by atoms with van der Waals surface area (Å²) in [5, 5.41) is -0.260. The van der Waals surface area contributed by atoms with Crippen molar-refractivity contribution in [2.24, 2.45) is 16.5 Å². The Bertz CT molecular complexity index is 1240. The van der Waals surface area contributed by atoms with Gasteiger partial charge in [-0.25, -0.2) is 13.4 Å². The maximum Gasteiger partial charge on any atom is 0.417 e. The molecule has 0 radical (unpaired) electrons. The van der Waals surface area contributed by atoms with Gasteiger partial charge in [0.05, 0.1) is 24.1 Å². The van der Waals surface area contributed by atoms with Crippen molar-refractivity contribution >= 4 is 33.3 Å². The lowest BCUT2D eigenvalue weighted by Gasteiger charge is -2.30. The number of sulfonamides is 1. The van der Waals surface area contributed by atoms with Crippen LogP contribution in [0.5, 0.6) is 5.75 Å². The number of halogens is 4. The van der Waals surface area contributed by atoms with Crippen molar-refractivity contribution in [2.45, 2.75) is 12.0 Å². The van der Waals surface area contributed by atoms with Gasteiger partial charge in [0.2, 0.25) is 21.8 Å². The smallest absolute Gasteiger partial charge is 0.417 e. The van der Waals surface area contributed by atoms with E-state index >= 15 is 0 Å². The molecule has 9 nitrogen and oxygen atoms in total. The summed E-state index contributed by atoms with van der Waals surface area (Å²) in [4.78, 5) is 3.89. The first kappa shape index (κ1) is 22.5. The first-order chi connectivity index (χ1) is 14.8. The molecule has 0 aromatic heterocycles. The first-order valence-electron chi connectivity index (χ1n) is 9.13. The molecule has 2 aromatic rings. The molecule has 4 rings (SSSR count). The normalized spacial score (nSPS) is 20.9. The fraction of sp³-hybridized carbons (Fsp3) is 0.278. The molecule has 2 heterocycles. The Morgan fingerprint density at radius 2 is 2.00 bits per heavy atom. The van der Waals surface area contributed by atoms with E-state index in [4.69, 9.17) is 27.8 Å². The van der Waals surface area contributed by atoms with Crippen molar-refractivity contribution in [1.29, 1.82) is 0 Å². The Morgan fingerprint density at radius 1 is 1.28 bits per heavy atom. The second-order valence-electron chi connectivity index (χ2n) is 7.26. The van der Waals surface area contributed by atoms with Crippen LogP contribution in [0.4, 0.5) is 18.9 Å². The van der Waals surface area contributed by atoms with Crippen LogP contribution in [-0.4, -0.2) is 33.8 Å². The van der Waals surface area contributed by atoms with Crippen molar-refractivity contribution in [1.82, 2.24) is 10.9 Å². The Hall–Kier alpha value is -2.74. The molecule has 0 spiro atoms. The SMILES string of the molecule is CS(=O)(=O)N1CCOc2ccc(-c3c(Cl)cc(C4(N)N=C(N)NN4)cc3C(F)(F)F)cc21. The number of ether oxygens (including phenoxy) is 1. The van der Waals surface area contributed by atoms with E-state index in [9.17, 15) is 21.6 Å². The summed E-state index contributed by atoms with van der Waals surface area (Å²) < 4.78 is 73.0. The Balaban J connectivity index is 1.91. The average molecular weight is 491 g/mol. The number of fused-ring (bicyclic) bond motifs is 1. The number of hydrogen-bond donors (Lipinski definition) is 4. The van der Waals surface area contributed by atoms with Crippen molar-refractivity contribution in [3.8, 4) is 16.9 Å². The van der Waals surface area contributed by atoms with E-state index in [1.54, 1.807) is 0 Å². The molecule has 0 saturated carbocycles. The lowest BCUT2D eigenvalue weighted by Crippen LogP contribution is -2.50. The van der Waals surface area contributed by atoms with Gasteiger partial charge >= 0.3 is 6.18 Å². The number of hydrogen-bond acceptors (Lipinski definition) is 8. The van der Waals surface area contributed by atoms with Crippen LogP contribution in [-0.2, 0) is 22.0 Å². The number of anilines is 1. The number of hydrazine groups is 1. The van der Waals surface area contributed by atoms with Crippen LogP contribution in [0.3, 0.4) is 0 Å². The molecule has 0 aliphatic carbocycles. The summed E-state index contributed by atoms with van der Waals surface area (Å²) in [6.45, 7) is 0.147. The standard InChI is InChI=1S/C18H18ClF3N6O3S/c1-32(29,30)28-4-5-31-14-3-2-9(6-13(14)28)15-11(17(20,21)22)7-10(8-12(15)19)18(24)25-16(23)26-27-18/h2-3,6-8,27H,4-5,24H2,1H3,(H3,23,25,26). The zero-order chi connectivity index (χ0) is 23.5. The third kappa shape index (κ3) is 3.92. The van der Waals surface area contributed by atoms with E-state index in [1.165, 1.54) is 24.3 Å². The summed E-state index contributed by atoms with van der Waals surface area (Å²) in [5.74, 6) is -1.63. The molecule has 32 heavy (non-hydrogen) atoms. The number of benzene rings is 2. The summed E-state index contributed by atoms with van der Waals surface area (Å²) in [6.07, 6.45) is -3.80. The second-order valence-corrected chi connectivity index (χ2v) is 9.57. The van der Waals surface area contributed by atoms with Gasteiger partial charge in [-0.15, -0.1) is 0 Å². The molecule has 2 aromatic carbocycles. The van der Waals surface area contributed by atoms with E-state index in [0.29, 0.717) is 0 Å². The molecule has 172 valence electrons. The fourth-order valence-corrected chi connectivity index (χ4v) is 4.81. The molecule has 0 fully saturated rings. The Labute approximate surface area is 186 Å². The van der Waals surface area contributed by atoms with Gasteiger partial charge in [0.1, 0.15) is 12.4 Å². The summed E-state index contributed by atoms with van der Waals surface area (Å²) >= 11 is 6.31. The third-order valence-electron chi connectivity index (χ3n) is 4.98. The predicted molar refractivity (Wildman–Crippen MR) is 113 cm³/mol. The third-order valence-corrected chi connectivity index (χ3v) is 6.46. The second kappa shape index (κ2) is 7.40. The zero-order valence-corrected chi connectivity index (χ0v) is 18.1. The molecule has 0 saturated heterocycles. The molecule has 1 unspecified atom stereocenters. The van der Waals surface area contributed by atoms with Gasteiger partial charge in [-0.2, -0.15) is 18.6 Å². The van der Waals surface area contributed by atoms with Crippen LogP contribution in [0, 0.1) is 0 Å². The number of nitrogens with one attached hydrogen (secondary N) is 2. The van der Waals surface area contributed by atoms with Crippen molar-refractivity contribution in [2.75, 3.05) is 23.7 Å². The first-order valence-corrected chi connectivity index (χ1v) is 11.4. The van der Waals surface area contributed by atoms with Crippen molar-refractivity contribution in [3.05, 3.63) is 46.5 Å². The summed E-state index contributed by atoms with van der Waals surface area (Å²) in [6, 6.07) is 6.15. The van der Waals surface area contributed by atoms with Crippen LogP contribution in [0.2, 0.25) is 5.02 Å². The fourth-order valence-electron chi connectivity index (χ4n) is 3.58. The molecule has 6 N–H and O–H groups in total. The molecule has 2 aliphatic heterocycles. The van der Waals surface area contributed by atoms with Gasteiger partial charge in [0.15, 0.2) is 0 Å². The minimum absolute atomic E-state index is 0.0296. The molecular weight excluding hydrogens is 473 g/mol. The Kier molecular flexibility index (Phi) is 5.19. The van der Waals surface area contributed by atoms with Gasteiger partial charge in [0, 0.05) is 16.1 Å². The maximum atomic E-state index is 14.1. The Morgan fingerprint density at radius 3 is 2.59 bits per heavy atom. The topological polar surface area (TPSA) is 135 Å². The maximum absolute atomic E-state index is 14.1. The van der Waals surface area contributed by atoms with E-state index in [2.05, 4.69) is 15.8 Å². The van der Waals surface area contributed by atoms with E-state index < -0.39 is 27.5 Å². The summed E-state index contributed by atoms with van der Waals surface area (Å²) in [7, 11) is -3.68. The van der Waals surface area contributed by atoms with Gasteiger partial charge in [-0.1, -0.05) is 17.7 Å². The lowest BCUT2D eigenvalue weighted by molar-refractivity contribution is -0.137. The van der Waals surface area contributed by atoms with Crippen LogP contribution < -0.4 is 31.4 Å². The average Bonchev–Trinajstić information content (AvgIpc) is 3.05. The molecule has 14 heteroatoms. The summed E-state index contributed by atoms with van der Waals surface area (Å²) in [5.41, 5.74) is 15.2. The number of alkyl halides is 3. The van der Waals surface area contributed by atoms with E-state index in [0.717, 1.165) is 16.6 Å². The van der Waals surface area contributed by atoms with Crippen LogP contribution in [0.25, 0.3) is 11.1 Å². The highest BCUT2D eigenvalue weighted by molar-refractivity contribution is 7.92. The van der Waals surface area contributed by atoms with Gasteiger partial charge in [-0.05, 0) is 29.8 Å². The monoisotopic (exact) mass is 490 g/mol. The van der Waals surface area contributed by atoms with Gasteiger partial charge in [0.25, 0.3) is 0 Å². The highest BCUT2D eigenvalue weighted by atomic mass is 35.5. The lowest BCUT2D eigenvalue weighted by atomic mass is 9.94. The molecule has 0 bridgehead atoms. The van der Waals surface area contributed by atoms with Crippen LogP contribution >= 0.6 is 11.6 Å². The van der Waals surface area contributed by atoms with Crippen LogP contribution in [0.1, 0.15) is 11.1 Å². The minimum Gasteiger partial charge on any atom is -0.489 e. The van der Waals surface area contributed by atoms with E-state index in [1.807, 2.05) is 0 Å². The highest BCUT2D eigenvalue weighted by Crippen LogP contribution is 2.45. The van der Waals surface area contributed by atoms with Crippen LogP contribution in [0.15, 0.2) is 35.3 Å². The van der Waals surface area contributed by atoms with Gasteiger partial charge < -0.3 is 10.5 Å². The van der Waals surface area contributed by atoms with Gasteiger partial charge in [-0.3, -0.25) is 15.5 Å². The van der Waals surface area contributed by atoms with E-state index in [-0.39, 0.29) is 52.3 Å². The highest BCUT2D eigenvalue weighted by Gasteiger charge is 2.40. The number of nitrogens with two attached hydrogens (primary N) is 2. The number of nitrogens with zero attached hydrogens (tertiary/aromatic N) is 2. The zero-order valence-electron chi connectivity index (χ0n) is 16.5.